The first kappa shape index (κ1) is 21.0. The highest BCUT2D eigenvalue weighted by atomic mass is 32.1. The Morgan fingerprint density at radius 2 is 2.03 bits per heavy atom. The molecule has 0 saturated carbocycles. The maximum atomic E-state index is 13.8. The Kier molecular flexibility index (Phi) is 6.31. The van der Waals surface area contributed by atoms with Gasteiger partial charge < -0.3 is 14.2 Å². The number of carbonyl (C=O) groups is 1. The monoisotopic (exact) mass is 439 g/mol. The van der Waals surface area contributed by atoms with Gasteiger partial charge in [-0.3, -0.25) is 19.8 Å². The molecule has 2 aromatic heterocycles. The molecule has 3 heterocycles. The average molecular weight is 440 g/mol. The van der Waals surface area contributed by atoms with E-state index < -0.39 is 6.04 Å². The quantitative estimate of drug-likeness (QED) is 0.454. The van der Waals surface area contributed by atoms with Gasteiger partial charge in [0.2, 0.25) is 5.91 Å². The van der Waals surface area contributed by atoms with E-state index >= 15 is 0 Å². The van der Waals surface area contributed by atoms with Crippen molar-refractivity contribution in [3.63, 3.8) is 0 Å². The van der Waals surface area contributed by atoms with Crippen LogP contribution in [0.1, 0.15) is 37.3 Å². The number of rotatable bonds is 6. The van der Waals surface area contributed by atoms with Crippen molar-refractivity contribution in [1.82, 2.24) is 24.6 Å². The Bertz CT molecular complexity index is 1200. The van der Waals surface area contributed by atoms with Crippen LogP contribution in [0.5, 0.6) is 5.75 Å². The fourth-order valence-corrected chi connectivity index (χ4v) is 4.29. The molecule has 1 fully saturated rings. The summed E-state index contributed by atoms with van der Waals surface area (Å²) in [5.41, 5.74) is 0.737. The van der Waals surface area contributed by atoms with Crippen LogP contribution >= 0.6 is 12.2 Å². The summed E-state index contributed by atoms with van der Waals surface area (Å²) in [6.07, 6.45) is 7.36. The molecule has 2 N–H and O–H groups in total. The van der Waals surface area contributed by atoms with Gasteiger partial charge in [0, 0.05) is 13.1 Å². The molecular weight excluding hydrogens is 414 g/mol. The van der Waals surface area contributed by atoms with Crippen LogP contribution in [-0.4, -0.2) is 50.3 Å². The van der Waals surface area contributed by atoms with Gasteiger partial charge in [-0.15, -0.1) is 0 Å². The van der Waals surface area contributed by atoms with Gasteiger partial charge in [0.15, 0.2) is 5.65 Å². The van der Waals surface area contributed by atoms with Crippen LogP contribution in [0.4, 0.5) is 0 Å². The van der Waals surface area contributed by atoms with Crippen LogP contribution < -0.4 is 10.3 Å². The second-order valence-corrected chi connectivity index (χ2v) is 7.96. The molecule has 162 valence electrons. The Labute approximate surface area is 184 Å². The van der Waals surface area contributed by atoms with Gasteiger partial charge in [0.25, 0.3) is 5.56 Å². The minimum atomic E-state index is -0.746. The zero-order chi connectivity index (χ0) is 21.8. The van der Waals surface area contributed by atoms with Crippen LogP contribution in [0.15, 0.2) is 48.0 Å². The SMILES string of the molecule is C=CCOc1cccc(C(C(=O)N2CCCCCC2)n2cnc3[nH][nH]c(=O)c3c2=S)c1. The molecule has 1 atom stereocenters. The number of hydrogen-bond donors (Lipinski definition) is 2. The normalized spacial score (nSPS) is 15.4. The van der Waals surface area contributed by atoms with Gasteiger partial charge >= 0.3 is 0 Å². The molecule has 0 bridgehead atoms. The van der Waals surface area contributed by atoms with E-state index in [0.717, 1.165) is 31.2 Å². The Hall–Kier alpha value is -3.20. The van der Waals surface area contributed by atoms with E-state index in [9.17, 15) is 9.59 Å². The smallest absolute Gasteiger partial charge is 0.276 e. The molecule has 3 aromatic rings. The van der Waals surface area contributed by atoms with Crippen LogP contribution in [0.2, 0.25) is 0 Å². The average Bonchev–Trinajstić information content (AvgIpc) is 2.98. The molecule has 4 rings (SSSR count). The molecule has 8 nitrogen and oxygen atoms in total. The first-order valence-electron chi connectivity index (χ1n) is 10.4. The largest absolute Gasteiger partial charge is 0.490 e. The lowest BCUT2D eigenvalue weighted by Crippen LogP contribution is -2.38. The third-order valence-electron chi connectivity index (χ3n) is 5.49. The number of nitrogens with zero attached hydrogens (tertiary/aromatic N) is 3. The van der Waals surface area contributed by atoms with Crippen molar-refractivity contribution in [2.24, 2.45) is 0 Å². The van der Waals surface area contributed by atoms with Crippen LogP contribution in [0.25, 0.3) is 11.0 Å². The van der Waals surface area contributed by atoms with E-state index in [1.165, 1.54) is 6.33 Å². The summed E-state index contributed by atoms with van der Waals surface area (Å²) in [5.74, 6) is 0.568. The predicted octanol–water partition coefficient (Wildman–Crippen LogP) is 3.34. The third kappa shape index (κ3) is 4.32. The molecule has 0 radical (unpaired) electrons. The Morgan fingerprint density at radius 1 is 1.26 bits per heavy atom. The first-order chi connectivity index (χ1) is 15.1. The van der Waals surface area contributed by atoms with E-state index in [1.807, 2.05) is 29.2 Å². The molecule has 0 aliphatic carbocycles. The van der Waals surface area contributed by atoms with E-state index in [0.29, 0.717) is 31.1 Å². The van der Waals surface area contributed by atoms with Gasteiger partial charge in [-0.25, -0.2) is 4.98 Å². The second-order valence-electron chi connectivity index (χ2n) is 7.57. The minimum absolute atomic E-state index is 0.0630. The molecule has 0 spiro atoms. The number of benzene rings is 1. The van der Waals surface area contributed by atoms with Crippen LogP contribution in [0, 0.1) is 4.64 Å². The summed E-state index contributed by atoms with van der Waals surface area (Å²) in [7, 11) is 0. The maximum absolute atomic E-state index is 13.8. The fraction of sp³-hybridized carbons (Fsp3) is 0.364. The van der Waals surface area contributed by atoms with E-state index in [4.69, 9.17) is 17.0 Å². The van der Waals surface area contributed by atoms with E-state index in [-0.39, 0.29) is 21.5 Å². The number of H-pyrrole nitrogens is 2. The highest BCUT2D eigenvalue weighted by molar-refractivity contribution is 7.71. The summed E-state index contributed by atoms with van der Waals surface area (Å²) in [4.78, 5) is 32.3. The van der Waals surface area contributed by atoms with Crippen LogP contribution in [-0.2, 0) is 4.79 Å². The number of fused-ring (bicyclic) bond motifs is 1. The van der Waals surface area contributed by atoms with Crippen molar-refractivity contribution in [2.75, 3.05) is 19.7 Å². The minimum Gasteiger partial charge on any atom is -0.490 e. The number of nitrogens with one attached hydrogen (secondary N) is 2. The lowest BCUT2D eigenvalue weighted by Gasteiger charge is -2.28. The van der Waals surface area contributed by atoms with Gasteiger partial charge in [-0.1, -0.05) is 49.8 Å². The zero-order valence-corrected chi connectivity index (χ0v) is 18.0. The van der Waals surface area contributed by atoms with E-state index in [2.05, 4.69) is 21.8 Å². The number of aromatic amines is 2. The highest BCUT2D eigenvalue weighted by Gasteiger charge is 2.29. The summed E-state index contributed by atoms with van der Waals surface area (Å²) in [6, 6.07) is 6.63. The molecule has 1 saturated heterocycles. The van der Waals surface area contributed by atoms with Crippen molar-refractivity contribution in [2.45, 2.75) is 31.7 Å². The maximum Gasteiger partial charge on any atom is 0.276 e. The zero-order valence-electron chi connectivity index (χ0n) is 17.2. The van der Waals surface area contributed by atoms with Crippen LogP contribution in [0.3, 0.4) is 0 Å². The fourth-order valence-electron chi connectivity index (χ4n) is 3.94. The molecule has 1 aromatic carbocycles. The summed E-state index contributed by atoms with van der Waals surface area (Å²) in [6.45, 7) is 5.44. The van der Waals surface area contributed by atoms with E-state index in [1.54, 1.807) is 10.6 Å². The number of aromatic nitrogens is 4. The van der Waals surface area contributed by atoms with Gasteiger partial charge in [-0.2, -0.15) is 0 Å². The lowest BCUT2D eigenvalue weighted by molar-refractivity contribution is -0.133. The molecule has 1 aliphatic rings. The molecule has 31 heavy (non-hydrogen) atoms. The van der Waals surface area contributed by atoms with Crippen molar-refractivity contribution < 1.29 is 9.53 Å². The third-order valence-corrected chi connectivity index (χ3v) is 5.90. The summed E-state index contributed by atoms with van der Waals surface area (Å²) < 4.78 is 7.55. The lowest BCUT2D eigenvalue weighted by atomic mass is 10.0. The Morgan fingerprint density at radius 3 is 2.77 bits per heavy atom. The number of likely N-dealkylation sites (tertiary alicyclic amines) is 1. The molecule has 1 unspecified atom stereocenters. The predicted molar refractivity (Wildman–Crippen MR) is 121 cm³/mol. The topological polar surface area (TPSA) is 96.0 Å². The van der Waals surface area contributed by atoms with Crippen molar-refractivity contribution in [1.29, 1.82) is 0 Å². The van der Waals surface area contributed by atoms with Crippen molar-refractivity contribution in [3.8, 4) is 5.75 Å². The summed E-state index contributed by atoms with van der Waals surface area (Å²) >= 11 is 5.63. The second kappa shape index (κ2) is 9.30. The number of ether oxygens (including phenoxy) is 1. The van der Waals surface area contributed by atoms with Crippen molar-refractivity contribution >= 4 is 29.2 Å². The van der Waals surface area contributed by atoms with Gasteiger partial charge in [0.1, 0.15) is 28.4 Å². The van der Waals surface area contributed by atoms with Gasteiger partial charge in [0.05, 0.1) is 6.33 Å². The number of amides is 1. The van der Waals surface area contributed by atoms with Gasteiger partial charge in [-0.05, 0) is 30.5 Å². The standard InChI is InChI=1S/C22H25N5O3S/c1-2-12-30-16-9-7-8-15(13-16)18(21(29)26-10-5-3-4-6-11-26)27-14-23-19-17(22(27)31)20(28)25-24-19/h2,7-9,13-14,18H,1,3-6,10-12H2,(H2,24,25,28). The number of hydrogen-bond acceptors (Lipinski definition) is 5. The molecule has 1 amide bonds. The first-order valence-corrected chi connectivity index (χ1v) is 10.8. The summed E-state index contributed by atoms with van der Waals surface area (Å²) in [5, 5.41) is 5.49. The Balaban J connectivity index is 1.83. The molecule has 9 heteroatoms. The molecular formula is C22H25N5O3S. The highest BCUT2D eigenvalue weighted by Crippen LogP contribution is 2.27. The molecule has 1 aliphatic heterocycles. The van der Waals surface area contributed by atoms with Crippen molar-refractivity contribution in [3.05, 3.63) is 63.8 Å². The number of carbonyl (C=O) groups excluding carboxylic acids is 1.